The first-order valence-electron chi connectivity index (χ1n) is 9.72. The van der Waals surface area contributed by atoms with Gasteiger partial charge in [-0.05, 0) is 42.0 Å². The van der Waals surface area contributed by atoms with Crippen LogP contribution in [0.25, 0.3) is 0 Å². The first kappa shape index (κ1) is 20.6. The molecule has 1 aromatic rings. The smallest absolute Gasteiger partial charge is 0.322 e. The van der Waals surface area contributed by atoms with Crippen LogP contribution in [-0.4, -0.2) is 41.9 Å². The van der Waals surface area contributed by atoms with Gasteiger partial charge in [0.15, 0.2) is 0 Å². The monoisotopic (exact) mass is 409 g/mol. The molecule has 2 aliphatic heterocycles. The molecule has 1 aromatic carbocycles. The first-order valence-corrected chi connectivity index (χ1v) is 10.1. The average Bonchev–Trinajstić information content (AvgIpc) is 3.49. The Bertz CT molecular complexity index is 781. The first-order chi connectivity index (χ1) is 13.3. The van der Waals surface area contributed by atoms with Crippen molar-refractivity contribution in [2.75, 3.05) is 13.1 Å². The summed E-state index contributed by atoms with van der Waals surface area (Å²) in [7, 11) is 0. The fourth-order valence-electron chi connectivity index (χ4n) is 3.37. The number of nitrogens with one attached hydrogen (secondary N) is 2. The van der Waals surface area contributed by atoms with E-state index in [1.54, 1.807) is 11.0 Å². The Morgan fingerprint density at radius 1 is 1.29 bits per heavy atom. The Balaban J connectivity index is 0.000000684. The summed E-state index contributed by atoms with van der Waals surface area (Å²) in [6, 6.07) is 1.90. The van der Waals surface area contributed by atoms with Gasteiger partial charge in [0, 0.05) is 19.5 Å². The molecule has 28 heavy (non-hydrogen) atoms. The highest BCUT2D eigenvalue weighted by Gasteiger charge is 2.31. The highest BCUT2D eigenvalue weighted by atomic mass is 35.5. The van der Waals surface area contributed by atoms with E-state index in [-0.39, 0.29) is 29.7 Å². The van der Waals surface area contributed by atoms with Gasteiger partial charge in [-0.3, -0.25) is 14.9 Å². The molecular formula is C20H25ClFN3O3. The molecule has 2 atom stereocenters. The molecule has 4 amide bonds. The maximum Gasteiger partial charge on any atom is 0.322 e. The van der Waals surface area contributed by atoms with Crippen molar-refractivity contribution >= 4 is 29.4 Å². The van der Waals surface area contributed by atoms with Crippen LogP contribution in [0.15, 0.2) is 12.1 Å². The second-order valence-electron chi connectivity index (χ2n) is 7.57. The summed E-state index contributed by atoms with van der Waals surface area (Å²) in [6.45, 7) is 2.97. The number of halogens is 2. The summed E-state index contributed by atoms with van der Waals surface area (Å²) in [5, 5.41) is 4.72. The number of hydrogen-bond donors (Lipinski definition) is 2. The minimum Gasteiger partial charge on any atom is -0.342 e. The lowest BCUT2D eigenvalue weighted by atomic mass is 9.95. The third-order valence-corrected chi connectivity index (χ3v) is 5.36. The Morgan fingerprint density at radius 3 is 2.61 bits per heavy atom. The minimum atomic E-state index is -0.661. The number of fused-ring (bicyclic) bond motifs is 1. The molecule has 6 nitrogen and oxygen atoms in total. The maximum absolute atomic E-state index is 13.7. The normalized spacial score (nSPS) is 23.0. The number of carbonyl (C=O) groups is 3. The van der Waals surface area contributed by atoms with Crippen LogP contribution in [0.3, 0.4) is 0 Å². The molecule has 2 N–H and O–H groups in total. The second kappa shape index (κ2) is 8.90. The highest BCUT2D eigenvalue weighted by molar-refractivity contribution is 6.30. The van der Waals surface area contributed by atoms with E-state index in [9.17, 15) is 18.8 Å². The molecule has 0 aromatic heterocycles. The van der Waals surface area contributed by atoms with Gasteiger partial charge in [-0.2, -0.15) is 0 Å². The largest absolute Gasteiger partial charge is 0.342 e. The summed E-state index contributed by atoms with van der Waals surface area (Å²) in [5.74, 6) is -0.899. The number of amides is 4. The summed E-state index contributed by atoms with van der Waals surface area (Å²) in [5.41, 5.74) is 1.83. The zero-order valence-corrected chi connectivity index (χ0v) is 16.7. The van der Waals surface area contributed by atoms with Gasteiger partial charge in [0.25, 0.3) is 5.91 Å². The van der Waals surface area contributed by atoms with E-state index in [2.05, 4.69) is 10.6 Å². The fourth-order valence-corrected chi connectivity index (χ4v) is 3.54. The van der Waals surface area contributed by atoms with Crippen molar-refractivity contribution < 1.29 is 18.8 Å². The number of rotatable bonds is 3. The van der Waals surface area contributed by atoms with Crippen LogP contribution in [0.5, 0.6) is 0 Å². The SMILES string of the molecule is C1CC1.CC1CN(C(=O)CCC2NC(=O)NC2=O)CCc2cc(F)c(Cl)cc21. The van der Waals surface area contributed by atoms with Crippen LogP contribution in [0, 0.1) is 5.82 Å². The molecule has 1 saturated heterocycles. The van der Waals surface area contributed by atoms with Crippen molar-refractivity contribution in [3.63, 3.8) is 0 Å². The van der Waals surface area contributed by atoms with E-state index in [1.807, 2.05) is 6.92 Å². The van der Waals surface area contributed by atoms with E-state index >= 15 is 0 Å². The van der Waals surface area contributed by atoms with Crippen molar-refractivity contribution in [1.82, 2.24) is 15.5 Å². The van der Waals surface area contributed by atoms with Crippen molar-refractivity contribution in [2.45, 2.75) is 57.4 Å². The molecule has 8 heteroatoms. The van der Waals surface area contributed by atoms with Crippen LogP contribution in [-0.2, 0) is 16.0 Å². The maximum atomic E-state index is 13.7. The van der Waals surface area contributed by atoms with Gasteiger partial charge in [0.1, 0.15) is 11.9 Å². The number of carbonyl (C=O) groups excluding carboxylic acids is 3. The molecule has 152 valence electrons. The lowest BCUT2D eigenvalue weighted by molar-refractivity contribution is -0.131. The third-order valence-electron chi connectivity index (χ3n) is 5.07. The van der Waals surface area contributed by atoms with E-state index in [0.717, 1.165) is 11.1 Å². The fraction of sp³-hybridized carbons (Fsp3) is 0.550. The van der Waals surface area contributed by atoms with Crippen molar-refractivity contribution in [2.24, 2.45) is 0 Å². The molecule has 4 rings (SSSR count). The Kier molecular flexibility index (Phi) is 6.54. The second-order valence-corrected chi connectivity index (χ2v) is 7.98. The molecule has 2 fully saturated rings. The highest BCUT2D eigenvalue weighted by Crippen LogP contribution is 2.30. The zero-order chi connectivity index (χ0) is 20.3. The van der Waals surface area contributed by atoms with Gasteiger partial charge in [-0.1, -0.05) is 37.8 Å². The minimum absolute atomic E-state index is 0.0361. The molecule has 0 spiro atoms. The Hall–Kier alpha value is -2.15. The molecule has 1 saturated carbocycles. The van der Waals surface area contributed by atoms with Crippen LogP contribution in [0.2, 0.25) is 5.02 Å². The van der Waals surface area contributed by atoms with Gasteiger partial charge in [0.2, 0.25) is 5.91 Å². The van der Waals surface area contributed by atoms with Gasteiger partial charge < -0.3 is 10.2 Å². The summed E-state index contributed by atoms with van der Waals surface area (Å²) >= 11 is 5.88. The predicted octanol–water partition coefficient (Wildman–Crippen LogP) is 3.13. The van der Waals surface area contributed by atoms with Crippen molar-refractivity contribution in [3.8, 4) is 0 Å². The number of benzene rings is 1. The van der Waals surface area contributed by atoms with Gasteiger partial charge in [-0.25, -0.2) is 9.18 Å². The molecule has 0 radical (unpaired) electrons. The average molecular weight is 410 g/mol. The van der Waals surface area contributed by atoms with E-state index in [1.165, 1.54) is 25.3 Å². The van der Waals surface area contributed by atoms with Crippen LogP contribution in [0.4, 0.5) is 9.18 Å². The number of hydrogen-bond acceptors (Lipinski definition) is 3. The summed E-state index contributed by atoms with van der Waals surface area (Å²) < 4.78 is 13.7. The number of urea groups is 1. The van der Waals surface area contributed by atoms with Crippen LogP contribution >= 0.6 is 11.6 Å². The molecule has 2 unspecified atom stereocenters. The lowest BCUT2D eigenvalue weighted by Crippen LogP contribution is -2.36. The summed E-state index contributed by atoms with van der Waals surface area (Å²) in [4.78, 5) is 36.9. The molecular weight excluding hydrogens is 385 g/mol. The summed E-state index contributed by atoms with van der Waals surface area (Å²) in [6.07, 6.45) is 5.48. The molecule has 0 bridgehead atoms. The molecule has 3 aliphatic rings. The Morgan fingerprint density at radius 2 is 2.00 bits per heavy atom. The third kappa shape index (κ3) is 5.22. The van der Waals surface area contributed by atoms with Crippen molar-refractivity contribution in [3.05, 3.63) is 34.1 Å². The van der Waals surface area contributed by atoms with Gasteiger partial charge in [-0.15, -0.1) is 0 Å². The van der Waals surface area contributed by atoms with Gasteiger partial charge in [0.05, 0.1) is 5.02 Å². The number of imide groups is 1. The standard InChI is InChI=1S/C17H19ClFN3O3.C3H6/c1-9-8-22(5-4-10-6-13(19)12(18)7-11(9)10)15(23)3-2-14-16(24)21-17(25)20-14;1-2-3-1/h6-7,9,14H,2-5,8H2,1H3,(H2,20,21,24,25);1-3H2. The topological polar surface area (TPSA) is 78.5 Å². The van der Waals surface area contributed by atoms with Gasteiger partial charge >= 0.3 is 6.03 Å². The van der Waals surface area contributed by atoms with Crippen LogP contribution < -0.4 is 10.6 Å². The van der Waals surface area contributed by atoms with E-state index in [0.29, 0.717) is 19.5 Å². The molecule has 1 aliphatic carbocycles. The lowest BCUT2D eigenvalue weighted by Gasteiger charge is -2.23. The van der Waals surface area contributed by atoms with Crippen molar-refractivity contribution in [1.29, 1.82) is 0 Å². The Labute approximate surface area is 168 Å². The molecule has 2 heterocycles. The van der Waals surface area contributed by atoms with Crippen LogP contribution in [0.1, 0.15) is 56.1 Å². The quantitative estimate of drug-likeness (QED) is 0.753. The van der Waals surface area contributed by atoms with E-state index < -0.39 is 23.8 Å². The number of nitrogens with zero attached hydrogens (tertiary/aromatic N) is 1. The predicted molar refractivity (Wildman–Crippen MR) is 104 cm³/mol. The zero-order valence-electron chi connectivity index (χ0n) is 15.9. The van der Waals surface area contributed by atoms with E-state index in [4.69, 9.17) is 11.6 Å².